The van der Waals surface area contributed by atoms with Gasteiger partial charge < -0.3 is 4.74 Å². The highest BCUT2D eigenvalue weighted by Crippen LogP contribution is 2.21. The molecule has 0 spiro atoms. The molecule has 4 aromatic rings. The maximum atomic E-state index is 13.2. The number of hydrogen-bond acceptors (Lipinski definition) is 6. The van der Waals surface area contributed by atoms with Crippen molar-refractivity contribution in [3.8, 4) is 5.75 Å². The summed E-state index contributed by atoms with van der Waals surface area (Å²) in [6.45, 7) is 3.74. The Balaban J connectivity index is 1.79. The minimum absolute atomic E-state index is 0.212. The molecule has 4 rings (SSSR count). The van der Waals surface area contributed by atoms with Gasteiger partial charge in [-0.3, -0.25) is 19.6 Å². The van der Waals surface area contributed by atoms with E-state index in [4.69, 9.17) is 4.74 Å². The van der Waals surface area contributed by atoms with Crippen molar-refractivity contribution >= 4 is 29.0 Å². The van der Waals surface area contributed by atoms with Gasteiger partial charge in [0.2, 0.25) is 5.95 Å². The summed E-state index contributed by atoms with van der Waals surface area (Å²) in [4.78, 5) is 36.6. The summed E-state index contributed by atoms with van der Waals surface area (Å²) in [5, 5.41) is 4.78. The van der Waals surface area contributed by atoms with Gasteiger partial charge in [-0.25, -0.2) is 4.98 Å². The number of anilines is 1. The van der Waals surface area contributed by atoms with Crippen LogP contribution in [0.5, 0.6) is 5.75 Å². The minimum Gasteiger partial charge on any atom is -0.497 e. The molecule has 0 aliphatic heterocycles. The van der Waals surface area contributed by atoms with E-state index in [2.05, 4.69) is 15.1 Å². The Morgan fingerprint density at radius 2 is 1.97 bits per heavy atom. The van der Waals surface area contributed by atoms with Gasteiger partial charge in [0.25, 0.3) is 17.2 Å². The van der Waals surface area contributed by atoms with Gasteiger partial charge in [0.1, 0.15) is 5.75 Å². The number of nitrogens with zero attached hydrogens (tertiary/aromatic N) is 4. The van der Waals surface area contributed by atoms with Gasteiger partial charge in [-0.1, -0.05) is 18.2 Å². The number of methoxy groups -OCH3 is 1. The predicted molar refractivity (Wildman–Crippen MR) is 111 cm³/mol. The van der Waals surface area contributed by atoms with Crippen molar-refractivity contribution in [1.29, 1.82) is 0 Å². The summed E-state index contributed by atoms with van der Waals surface area (Å²) < 4.78 is 6.46. The van der Waals surface area contributed by atoms with E-state index in [0.717, 1.165) is 11.3 Å². The molecule has 1 amide bonds. The quantitative estimate of drug-likeness (QED) is 0.547. The monoisotopic (exact) mass is 409 g/mol. The lowest BCUT2D eigenvalue weighted by atomic mass is 10.2. The van der Waals surface area contributed by atoms with Crippen LogP contribution < -0.4 is 15.2 Å². The number of hydrogen-bond donors (Lipinski definition) is 1. The van der Waals surface area contributed by atoms with Crippen LogP contribution >= 0.6 is 11.3 Å². The number of aryl methyl sites for hydroxylation is 1. The average molecular weight is 409 g/mol. The van der Waals surface area contributed by atoms with Crippen LogP contribution in [0.1, 0.15) is 26.5 Å². The number of rotatable bonds is 5. The number of benzene rings is 1. The maximum absolute atomic E-state index is 13.2. The molecule has 29 heavy (non-hydrogen) atoms. The molecule has 0 atom stereocenters. The maximum Gasteiger partial charge on any atom is 0.277 e. The fourth-order valence-electron chi connectivity index (χ4n) is 2.90. The molecule has 1 N–H and O–H groups in total. The third kappa shape index (κ3) is 3.52. The third-order valence-electron chi connectivity index (χ3n) is 4.68. The van der Waals surface area contributed by atoms with Crippen LogP contribution in [0.25, 0.3) is 5.78 Å². The first kappa shape index (κ1) is 18.9. The number of carbonyl (C=O) groups is 1. The van der Waals surface area contributed by atoms with Gasteiger partial charge in [-0.15, -0.1) is 11.3 Å². The van der Waals surface area contributed by atoms with Crippen LogP contribution in [-0.4, -0.2) is 32.6 Å². The predicted octanol–water partition coefficient (Wildman–Crippen LogP) is 2.95. The minimum atomic E-state index is -0.237. The smallest absolute Gasteiger partial charge is 0.277 e. The molecule has 0 aliphatic carbocycles. The number of amides is 1. The Morgan fingerprint density at radius 3 is 2.62 bits per heavy atom. The van der Waals surface area contributed by atoms with E-state index in [-0.39, 0.29) is 29.7 Å². The molecule has 0 bridgehead atoms. The zero-order chi connectivity index (χ0) is 20.5. The van der Waals surface area contributed by atoms with Crippen molar-refractivity contribution in [1.82, 2.24) is 19.6 Å². The van der Waals surface area contributed by atoms with Crippen molar-refractivity contribution in [2.45, 2.75) is 20.4 Å². The lowest BCUT2D eigenvalue weighted by Gasteiger charge is -2.19. The van der Waals surface area contributed by atoms with Gasteiger partial charge in [0, 0.05) is 11.3 Å². The molecule has 0 unspecified atom stereocenters. The molecule has 0 fully saturated rings. The highest BCUT2D eigenvalue weighted by Gasteiger charge is 2.23. The van der Waals surface area contributed by atoms with Gasteiger partial charge in [0.05, 0.1) is 18.5 Å². The lowest BCUT2D eigenvalue weighted by Crippen LogP contribution is -2.31. The average Bonchev–Trinajstić information content (AvgIpc) is 3.40. The molecular weight excluding hydrogens is 390 g/mol. The number of ether oxygens (including phenoxy) is 1. The molecule has 0 saturated carbocycles. The van der Waals surface area contributed by atoms with E-state index in [9.17, 15) is 9.59 Å². The Morgan fingerprint density at radius 1 is 1.21 bits per heavy atom. The fraction of sp³-hybridized carbons (Fsp3) is 0.200. The molecule has 148 valence electrons. The van der Waals surface area contributed by atoms with Crippen LogP contribution in [0.4, 0.5) is 5.95 Å². The van der Waals surface area contributed by atoms with Crippen LogP contribution in [0.2, 0.25) is 0 Å². The number of nitrogens with one attached hydrogen (secondary N) is 1. The van der Waals surface area contributed by atoms with E-state index < -0.39 is 0 Å². The Hall–Kier alpha value is -3.46. The number of carbonyl (C=O) groups excluding carboxylic acids is 1. The molecule has 3 heterocycles. The first-order chi connectivity index (χ1) is 14.0. The van der Waals surface area contributed by atoms with Gasteiger partial charge in [0.15, 0.2) is 0 Å². The van der Waals surface area contributed by atoms with Crippen molar-refractivity contribution in [2.75, 3.05) is 12.0 Å². The van der Waals surface area contributed by atoms with Gasteiger partial charge in [-0.2, -0.15) is 9.50 Å². The lowest BCUT2D eigenvalue weighted by molar-refractivity contribution is 0.0987. The van der Waals surface area contributed by atoms with Crippen molar-refractivity contribution in [2.24, 2.45) is 0 Å². The number of aromatic amines is 1. The Labute approximate surface area is 170 Å². The number of H-pyrrole nitrogens is 1. The summed E-state index contributed by atoms with van der Waals surface area (Å²) in [5.41, 5.74) is 1.80. The molecule has 0 saturated heterocycles. The largest absolute Gasteiger partial charge is 0.497 e. The molecule has 0 aliphatic rings. The first-order valence-corrected chi connectivity index (χ1v) is 9.80. The molecular formula is C20H19N5O3S. The fourth-order valence-corrected chi connectivity index (χ4v) is 3.57. The summed E-state index contributed by atoms with van der Waals surface area (Å²) in [7, 11) is 1.60. The summed E-state index contributed by atoms with van der Waals surface area (Å²) in [6.07, 6.45) is 0. The first-order valence-electron chi connectivity index (χ1n) is 8.92. The number of thiophene rings is 1. The normalized spacial score (nSPS) is 11.0. The topological polar surface area (TPSA) is 92.6 Å². The second kappa shape index (κ2) is 7.51. The van der Waals surface area contributed by atoms with Gasteiger partial charge in [-0.05, 0) is 43.0 Å². The van der Waals surface area contributed by atoms with Crippen molar-refractivity contribution in [3.63, 3.8) is 0 Å². The van der Waals surface area contributed by atoms with Crippen molar-refractivity contribution < 1.29 is 9.53 Å². The molecule has 9 heteroatoms. The Bertz CT molecular complexity index is 1230. The highest BCUT2D eigenvalue weighted by atomic mass is 32.1. The Kier molecular flexibility index (Phi) is 4.89. The van der Waals surface area contributed by atoms with E-state index >= 15 is 0 Å². The SMILES string of the molecule is COc1ccc(CN(C(=O)c2cccs2)c2nc3nc(C)c(C)c(=O)n3[nH]2)cc1. The van der Waals surface area contributed by atoms with Crippen LogP contribution in [0.15, 0.2) is 46.6 Å². The summed E-state index contributed by atoms with van der Waals surface area (Å²) >= 11 is 1.35. The van der Waals surface area contributed by atoms with Crippen LogP contribution in [0.3, 0.4) is 0 Å². The van der Waals surface area contributed by atoms with Crippen molar-refractivity contribution in [3.05, 3.63) is 73.8 Å². The molecule has 1 aromatic carbocycles. The molecule has 0 radical (unpaired) electrons. The molecule has 3 aromatic heterocycles. The second-order valence-electron chi connectivity index (χ2n) is 6.53. The van der Waals surface area contributed by atoms with E-state index in [1.165, 1.54) is 20.8 Å². The highest BCUT2D eigenvalue weighted by molar-refractivity contribution is 7.12. The van der Waals surface area contributed by atoms with E-state index in [1.54, 1.807) is 27.0 Å². The molecule has 8 nitrogen and oxygen atoms in total. The second-order valence-corrected chi connectivity index (χ2v) is 7.47. The van der Waals surface area contributed by atoms with E-state index in [1.807, 2.05) is 35.7 Å². The van der Waals surface area contributed by atoms with Gasteiger partial charge >= 0.3 is 0 Å². The van der Waals surface area contributed by atoms with Crippen LogP contribution in [-0.2, 0) is 6.54 Å². The number of fused-ring (bicyclic) bond motifs is 1. The summed E-state index contributed by atoms with van der Waals surface area (Å²) in [5.74, 6) is 1.01. The standard InChI is InChI=1S/C20H19N5O3S/c1-12-13(2)21-19-22-20(23-25(19)17(12)26)24(18(27)16-5-4-10-29-16)11-14-6-8-15(28-3)9-7-14/h4-10H,11H2,1-3H3,(H,21,22,23). The zero-order valence-electron chi connectivity index (χ0n) is 16.2. The number of aromatic nitrogens is 4. The third-order valence-corrected chi connectivity index (χ3v) is 5.54. The summed E-state index contributed by atoms with van der Waals surface area (Å²) in [6, 6.07) is 11.0. The van der Waals surface area contributed by atoms with Crippen LogP contribution in [0, 0.1) is 13.8 Å². The zero-order valence-corrected chi connectivity index (χ0v) is 17.0. The van der Waals surface area contributed by atoms with E-state index in [0.29, 0.717) is 16.1 Å².